The molecule has 0 aliphatic rings. The van der Waals surface area contributed by atoms with Crippen molar-refractivity contribution in [3.63, 3.8) is 0 Å². The number of carbonyl (C=O) groups excluding carboxylic acids is 1. The van der Waals surface area contributed by atoms with Gasteiger partial charge in [-0.3, -0.25) is 9.48 Å². The van der Waals surface area contributed by atoms with Crippen LogP contribution in [0.3, 0.4) is 0 Å². The van der Waals surface area contributed by atoms with E-state index >= 15 is 0 Å². The van der Waals surface area contributed by atoms with E-state index in [1.54, 1.807) is 17.1 Å². The van der Waals surface area contributed by atoms with E-state index in [1.165, 1.54) is 0 Å². The summed E-state index contributed by atoms with van der Waals surface area (Å²) >= 11 is 5.83. The van der Waals surface area contributed by atoms with Gasteiger partial charge < -0.3 is 5.32 Å². The van der Waals surface area contributed by atoms with Crippen LogP contribution in [-0.4, -0.2) is 21.7 Å². The first-order chi connectivity index (χ1) is 9.58. The zero-order valence-corrected chi connectivity index (χ0v) is 12.4. The van der Waals surface area contributed by atoms with Crippen molar-refractivity contribution in [3.05, 3.63) is 52.8 Å². The van der Waals surface area contributed by atoms with Crippen molar-refractivity contribution in [2.75, 3.05) is 0 Å². The molecule has 0 spiro atoms. The molecule has 4 nitrogen and oxygen atoms in total. The van der Waals surface area contributed by atoms with Gasteiger partial charge in [0.1, 0.15) is 0 Å². The van der Waals surface area contributed by atoms with E-state index in [4.69, 9.17) is 11.6 Å². The summed E-state index contributed by atoms with van der Waals surface area (Å²) in [6.07, 6.45) is 4.27. The molecule has 1 amide bonds. The zero-order valence-electron chi connectivity index (χ0n) is 11.6. The van der Waals surface area contributed by atoms with Gasteiger partial charge in [-0.05, 0) is 31.0 Å². The van der Waals surface area contributed by atoms with Gasteiger partial charge in [0.25, 0.3) is 5.91 Å². The van der Waals surface area contributed by atoms with E-state index in [1.807, 2.05) is 38.1 Å². The Morgan fingerprint density at radius 1 is 1.50 bits per heavy atom. The fraction of sp³-hybridized carbons (Fsp3) is 0.333. The molecule has 0 fully saturated rings. The van der Waals surface area contributed by atoms with Crippen LogP contribution in [0.2, 0.25) is 5.02 Å². The zero-order chi connectivity index (χ0) is 14.5. The second-order valence-corrected chi connectivity index (χ2v) is 5.28. The highest BCUT2D eigenvalue weighted by atomic mass is 35.5. The summed E-state index contributed by atoms with van der Waals surface area (Å²) in [6, 6.07) is 7.72. The molecule has 106 valence electrons. The molecule has 1 aromatic carbocycles. The summed E-state index contributed by atoms with van der Waals surface area (Å²) in [4.78, 5) is 12.1. The van der Waals surface area contributed by atoms with Crippen LogP contribution in [0.5, 0.6) is 0 Å². The molecule has 0 bridgehead atoms. The Kier molecular flexibility index (Phi) is 4.79. The Balaban J connectivity index is 2.09. The Bertz CT molecular complexity index is 594. The summed E-state index contributed by atoms with van der Waals surface area (Å²) in [5.41, 5.74) is 1.68. The Morgan fingerprint density at radius 2 is 2.30 bits per heavy atom. The lowest BCUT2D eigenvalue weighted by Gasteiger charge is -2.12. The van der Waals surface area contributed by atoms with Gasteiger partial charge in [-0.15, -0.1) is 0 Å². The minimum absolute atomic E-state index is 0.0419. The van der Waals surface area contributed by atoms with Gasteiger partial charge in [0, 0.05) is 17.8 Å². The average molecular weight is 292 g/mol. The van der Waals surface area contributed by atoms with Crippen LogP contribution in [0, 0.1) is 0 Å². The van der Waals surface area contributed by atoms with E-state index in [-0.39, 0.29) is 11.9 Å². The van der Waals surface area contributed by atoms with E-state index in [0.29, 0.717) is 17.1 Å². The minimum Gasteiger partial charge on any atom is -0.350 e. The Morgan fingerprint density at radius 3 is 2.95 bits per heavy atom. The summed E-state index contributed by atoms with van der Waals surface area (Å²) in [6.45, 7) is 4.63. The fourth-order valence-corrected chi connectivity index (χ4v) is 1.99. The molecule has 2 aromatic rings. The number of nitrogens with zero attached hydrogens (tertiary/aromatic N) is 2. The van der Waals surface area contributed by atoms with Crippen molar-refractivity contribution in [2.45, 2.75) is 32.9 Å². The van der Waals surface area contributed by atoms with Crippen LogP contribution in [0.15, 0.2) is 36.7 Å². The molecule has 0 unspecified atom stereocenters. The van der Waals surface area contributed by atoms with Gasteiger partial charge in [0.05, 0.1) is 17.8 Å². The van der Waals surface area contributed by atoms with Crippen LogP contribution in [-0.2, 0) is 6.54 Å². The molecule has 1 atom stereocenters. The predicted octanol–water partition coefficient (Wildman–Crippen LogP) is 3.11. The molecular weight excluding hydrogens is 274 g/mol. The second kappa shape index (κ2) is 6.57. The summed E-state index contributed by atoms with van der Waals surface area (Å²) in [5.74, 6) is -0.0419. The fourth-order valence-electron chi connectivity index (χ4n) is 1.83. The molecule has 20 heavy (non-hydrogen) atoms. The number of aromatic nitrogens is 2. The maximum atomic E-state index is 12.1. The predicted molar refractivity (Wildman–Crippen MR) is 80.0 cm³/mol. The van der Waals surface area contributed by atoms with Crippen molar-refractivity contribution in [1.29, 1.82) is 0 Å². The molecule has 0 aliphatic heterocycles. The van der Waals surface area contributed by atoms with E-state index < -0.39 is 0 Å². The van der Waals surface area contributed by atoms with E-state index in [0.717, 1.165) is 12.0 Å². The third-order valence-corrected chi connectivity index (χ3v) is 3.32. The first-order valence-electron chi connectivity index (χ1n) is 6.66. The molecule has 0 saturated carbocycles. The lowest BCUT2D eigenvalue weighted by atomic mass is 10.1. The number of nitrogens with one attached hydrogen (secondary N) is 1. The SMILES string of the molecule is CC[C@H](C)NC(=O)c1cccc(Cn2cc(Cl)cn2)c1. The number of amides is 1. The van der Waals surface area contributed by atoms with Crippen molar-refractivity contribution < 1.29 is 4.79 Å². The van der Waals surface area contributed by atoms with Gasteiger partial charge in [-0.1, -0.05) is 30.7 Å². The highest BCUT2D eigenvalue weighted by molar-refractivity contribution is 6.30. The number of halogens is 1. The maximum absolute atomic E-state index is 12.1. The van der Waals surface area contributed by atoms with E-state index in [2.05, 4.69) is 10.4 Å². The number of rotatable bonds is 5. The van der Waals surface area contributed by atoms with E-state index in [9.17, 15) is 4.79 Å². The lowest BCUT2D eigenvalue weighted by molar-refractivity contribution is 0.0939. The number of hydrogen-bond acceptors (Lipinski definition) is 2. The highest BCUT2D eigenvalue weighted by Crippen LogP contribution is 2.10. The van der Waals surface area contributed by atoms with Gasteiger partial charge in [0.15, 0.2) is 0 Å². The molecule has 1 heterocycles. The number of benzene rings is 1. The molecule has 1 N–H and O–H groups in total. The molecule has 2 rings (SSSR count). The van der Waals surface area contributed by atoms with Crippen LogP contribution >= 0.6 is 11.6 Å². The van der Waals surface area contributed by atoms with Gasteiger partial charge in [-0.25, -0.2) is 0 Å². The maximum Gasteiger partial charge on any atom is 0.251 e. The third-order valence-electron chi connectivity index (χ3n) is 3.13. The molecule has 1 aromatic heterocycles. The molecule has 0 saturated heterocycles. The third kappa shape index (κ3) is 3.84. The van der Waals surface area contributed by atoms with Gasteiger partial charge >= 0.3 is 0 Å². The van der Waals surface area contributed by atoms with Crippen molar-refractivity contribution in [3.8, 4) is 0 Å². The monoisotopic (exact) mass is 291 g/mol. The summed E-state index contributed by atoms with van der Waals surface area (Å²) in [7, 11) is 0. The largest absolute Gasteiger partial charge is 0.350 e. The van der Waals surface area contributed by atoms with Gasteiger partial charge in [0.2, 0.25) is 0 Å². The summed E-state index contributed by atoms with van der Waals surface area (Å²) in [5, 5.41) is 7.70. The first-order valence-corrected chi connectivity index (χ1v) is 7.04. The van der Waals surface area contributed by atoms with Crippen LogP contribution in [0.25, 0.3) is 0 Å². The minimum atomic E-state index is -0.0419. The number of carbonyl (C=O) groups is 1. The van der Waals surface area contributed by atoms with Crippen LogP contribution in [0.1, 0.15) is 36.2 Å². The van der Waals surface area contributed by atoms with Crippen molar-refractivity contribution in [1.82, 2.24) is 15.1 Å². The average Bonchev–Trinajstić information content (AvgIpc) is 2.84. The Hall–Kier alpha value is -1.81. The second-order valence-electron chi connectivity index (χ2n) is 4.84. The number of hydrogen-bond donors (Lipinski definition) is 1. The van der Waals surface area contributed by atoms with Crippen molar-refractivity contribution in [2.24, 2.45) is 0 Å². The smallest absolute Gasteiger partial charge is 0.251 e. The summed E-state index contributed by atoms with van der Waals surface area (Å²) < 4.78 is 1.74. The standard InChI is InChI=1S/C15H18ClN3O/c1-3-11(2)18-15(20)13-6-4-5-12(7-13)9-19-10-14(16)8-17-19/h4-8,10-11H,3,9H2,1-2H3,(H,18,20)/t11-/m0/s1. The van der Waals surface area contributed by atoms with Crippen LogP contribution < -0.4 is 5.32 Å². The van der Waals surface area contributed by atoms with Crippen LogP contribution in [0.4, 0.5) is 0 Å². The highest BCUT2D eigenvalue weighted by Gasteiger charge is 2.09. The quantitative estimate of drug-likeness (QED) is 0.920. The normalized spacial score (nSPS) is 12.2. The Labute approximate surface area is 123 Å². The molecule has 0 radical (unpaired) electrons. The topological polar surface area (TPSA) is 46.9 Å². The molecule has 5 heteroatoms. The first kappa shape index (κ1) is 14.6. The molecule has 0 aliphatic carbocycles. The lowest BCUT2D eigenvalue weighted by Crippen LogP contribution is -2.31. The van der Waals surface area contributed by atoms with Gasteiger partial charge in [-0.2, -0.15) is 5.10 Å². The van der Waals surface area contributed by atoms with Crippen molar-refractivity contribution >= 4 is 17.5 Å². The molecular formula is C15H18ClN3O.